The number of aromatic nitrogens is 3. The second kappa shape index (κ2) is 10.2. The van der Waals surface area contributed by atoms with Gasteiger partial charge >= 0.3 is 5.69 Å². The van der Waals surface area contributed by atoms with Crippen molar-refractivity contribution < 1.29 is 14.4 Å². The Kier molecular flexibility index (Phi) is 6.30. The van der Waals surface area contributed by atoms with Gasteiger partial charge in [-0.25, -0.2) is 4.79 Å². The minimum absolute atomic E-state index is 0.000760. The molecule has 5 aromatic rings. The molecule has 4 heterocycles. The molecule has 1 fully saturated rings. The van der Waals surface area contributed by atoms with E-state index in [1.165, 1.54) is 4.90 Å². The number of piperidine rings is 1. The van der Waals surface area contributed by atoms with Crippen molar-refractivity contribution in [2.24, 2.45) is 0 Å². The molecule has 0 aliphatic carbocycles. The van der Waals surface area contributed by atoms with Gasteiger partial charge in [-0.15, -0.1) is 0 Å². The normalized spacial score (nSPS) is 15.7. The number of nitrogens with one attached hydrogen (secondary N) is 2. The number of hydrogen-bond acceptors (Lipinski definition) is 4. The Morgan fingerprint density at radius 1 is 0.857 bits per heavy atom. The van der Waals surface area contributed by atoms with E-state index < -0.39 is 0 Å². The van der Waals surface area contributed by atoms with E-state index in [4.69, 9.17) is 0 Å². The Labute approximate surface area is 241 Å². The minimum Gasteiger partial charge on any atom is -0.350 e. The predicted molar refractivity (Wildman–Crippen MR) is 160 cm³/mol. The van der Waals surface area contributed by atoms with Gasteiger partial charge in [0, 0.05) is 36.6 Å². The van der Waals surface area contributed by atoms with Crippen LogP contribution in [0.25, 0.3) is 21.9 Å². The van der Waals surface area contributed by atoms with Gasteiger partial charge in [-0.2, -0.15) is 0 Å². The Morgan fingerprint density at radius 2 is 1.55 bits per heavy atom. The summed E-state index contributed by atoms with van der Waals surface area (Å²) in [6, 6.07) is 20.7. The molecular weight excluding hydrogens is 530 g/mol. The van der Waals surface area contributed by atoms with E-state index in [2.05, 4.69) is 23.0 Å². The molecule has 3 aromatic carbocycles. The summed E-state index contributed by atoms with van der Waals surface area (Å²) in [5, 5.41) is 0.939. The van der Waals surface area contributed by atoms with Crippen LogP contribution >= 0.6 is 0 Å². The van der Waals surface area contributed by atoms with Gasteiger partial charge in [0.05, 0.1) is 22.2 Å². The van der Waals surface area contributed by atoms with Crippen LogP contribution in [0.15, 0.2) is 71.5 Å². The third-order valence-electron chi connectivity index (χ3n) is 8.80. The number of H-pyrrole nitrogens is 2. The fraction of sp³-hybridized carbons (Fsp3) is 0.273. The third-order valence-corrected chi connectivity index (χ3v) is 8.80. The van der Waals surface area contributed by atoms with Gasteiger partial charge < -0.3 is 14.9 Å². The number of nitrogens with zero attached hydrogens (tertiary/aromatic N) is 3. The van der Waals surface area contributed by atoms with Crippen molar-refractivity contribution in [3.8, 4) is 0 Å². The van der Waals surface area contributed by atoms with Crippen LogP contribution in [0.1, 0.15) is 68.1 Å². The van der Waals surface area contributed by atoms with Gasteiger partial charge in [0.2, 0.25) is 0 Å². The first kappa shape index (κ1) is 26.0. The minimum atomic E-state index is -0.299. The quantitative estimate of drug-likeness (QED) is 0.293. The first-order valence-corrected chi connectivity index (χ1v) is 14.5. The van der Waals surface area contributed by atoms with Gasteiger partial charge in [-0.3, -0.25) is 23.9 Å². The van der Waals surface area contributed by atoms with E-state index in [9.17, 15) is 19.2 Å². The average Bonchev–Trinajstić information content (AvgIpc) is 3.64. The monoisotopic (exact) mass is 561 g/mol. The summed E-state index contributed by atoms with van der Waals surface area (Å²) >= 11 is 0. The van der Waals surface area contributed by atoms with E-state index in [0.717, 1.165) is 39.5 Å². The van der Waals surface area contributed by atoms with E-state index in [1.807, 2.05) is 45.9 Å². The zero-order valence-corrected chi connectivity index (χ0v) is 23.4. The molecule has 2 aliphatic heterocycles. The van der Waals surface area contributed by atoms with Crippen molar-refractivity contribution in [2.45, 2.75) is 38.6 Å². The van der Waals surface area contributed by atoms with E-state index in [0.29, 0.717) is 49.2 Å². The van der Waals surface area contributed by atoms with Gasteiger partial charge in [-0.05, 0) is 73.2 Å². The highest BCUT2D eigenvalue weighted by atomic mass is 16.2. The molecule has 9 heteroatoms. The van der Waals surface area contributed by atoms with Crippen molar-refractivity contribution in [2.75, 3.05) is 19.6 Å². The summed E-state index contributed by atoms with van der Waals surface area (Å²) in [6.45, 7) is 3.30. The highest BCUT2D eigenvalue weighted by Crippen LogP contribution is 2.30. The van der Waals surface area contributed by atoms with Crippen LogP contribution < -0.4 is 5.69 Å². The maximum atomic E-state index is 14.0. The fourth-order valence-electron chi connectivity index (χ4n) is 6.54. The summed E-state index contributed by atoms with van der Waals surface area (Å²) in [4.78, 5) is 62.2. The van der Waals surface area contributed by atoms with Crippen LogP contribution in [0.2, 0.25) is 0 Å². The van der Waals surface area contributed by atoms with Crippen molar-refractivity contribution in [1.29, 1.82) is 0 Å². The molecule has 3 amide bonds. The number of fused-ring (bicyclic) bond motifs is 3. The van der Waals surface area contributed by atoms with E-state index >= 15 is 0 Å². The molecule has 9 nitrogen and oxygen atoms in total. The molecule has 1 saturated heterocycles. The van der Waals surface area contributed by atoms with Crippen molar-refractivity contribution in [3.63, 3.8) is 0 Å². The summed E-state index contributed by atoms with van der Waals surface area (Å²) in [5.41, 5.74) is 5.72. The number of carbonyl (C=O) groups excluding carboxylic acids is 3. The zero-order valence-electron chi connectivity index (χ0n) is 23.4. The molecule has 0 atom stereocenters. The number of aromatic amines is 2. The molecule has 42 heavy (non-hydrogen) atoms. The summed E-state index contributed by atoms with van der Waals surface area (Å²) in [6.07, 6.45) is 2.54. The standard InChI is InChI=1S/C33H31N5O4/c1-2-20-11-12-26-25(19-20)22(15-18-37-30(39)23-7-3-4-8-24(23)31(37)40)29(34-26)32(41)36-16-13-21(14-17-36)38-28-10-6-5-9-27(28)35-33(38)42/h3-12,19,21,34H,2,13-18H2,1H3,(H,35,42). The van der Waals surface area contributed by atoms with Crippen LogP contribution in [-0.2, 0) is 12.8 Å². The van der Waals surface area contributed by atoms with Crippen LogP contribution in [0.5, 0.6) is 0 Å². The zero-order chi connectivity index (χ0) is 29.0. The molecule has 0 radical (unpaired) electrons. The molecular formula is C33H31N5O4. The number of likely N-dealkylation sites (tertiary alicyclic amines) is 1. The smallest absolute Gasteiger partial charge is 0.326 e. The summed E-state index contributed by atoms with van der Waals surface area (Å²) in [5.74, 6) is -0.703. The first-order valence-electron chi connectivity index (χ1n) is 14.5. The fourth-order valence-corrected chi connectivity index (χ4v) is 6.54. The van der Waals surface area contributed by atoms with Crippen molar-refractivity contribution >= 4 is 39.7 Å². The van der Waals surface area contributed by atoms with Crippen molar-refractivity contribution in [3.05, 3.63) is 105 Å². The Bertz CT molecular complexity index is 1900. The number of aryl methyl sites for hydroxylation is 1. The van der Waals surface area contributed by atoms with Gasteiger partial charge in [-0.1, -0.05) is 37.3 Å². The lowest BCUT2D eigenvalue weighted by Gasteiger charge is -2.32. The second-order valence-electron chi connectivity index (χ2n) is 11.1. The molecule has 0 spiro atoms. The molecule has 2 N–H and O–H groups in total. The number of imidazole rings is 1. The number of rotatable bonds is 6. The maximum Gasteiger partial charge on any atom is 0.326 e. The first-order chi connectivity index (χ1) is 20.4. The molecule has 212 valence electrons. The Hall–Kier alpha value is -4.92. The van der Waals surface area contributed by atoms with Crippen LogP contribution in [-0.4, -0.2) is 61.7 Å². The summed E-state index contributed by atoms with van der Waals surface area (Å²) < 4.78 is 1.82. The second-order valence-corrected chi connectivity index (χ2v) is 11.1. The van der Waals surface area contributed by atoms with E-state index in [1.54, 1.807) is 24.3 Å². The predicted octanol–water partition coefficient (Wildman–Crippen LogP) is 4.69. The molecule has 0 bridgehead atoms. The van der Waals surface area contributed by atoms with Crippen LogP contribution in [0.4, 0.5) is 0 Å². The van der Waals surface area contributed by atoms with Crippen molar-refractivity contribution in [1.82, 2.24) is 24.3 Å². The Morgan fingerprint density at radius 3 is 2.26 bits per heavy atom. The number of carbonyl (C=O) groups is 3. The highest BCUT2D eigenvalue weighted by molar-refractivity contribution is 6.21. The summed E-state index contributed by atoms with van der Waals surface area (Å²) in [7, 11) is 0. The molecule has 7 rings (SSSR count). The van der Waals surface area contributed by atoms with Gasteiger partial charge in [0.1, 0.15) is 5.69 Å². The molecule has 0 saturated carbocycles. The molecule has 2 aliphatic rings. The lowest BCUT2D eigenvalue weighted by Crippen LogP contribution is -2.41. The van der Waals surface area contributed by atoms with Crippen LogP contribution in [0, 0.1) is 0 Å². The van der Waals surface area contributed by atoms with E-state index in [-0.39, 0.29) is 36.0 Å². The number of benzene rings is 3. The third kappa shape index (κ3) is 4.15. The topological polar surface area (TPSA) is 111 Å². The SMILES string of the molecule is CCc1ccc2[nH]c(C(=O)N3CCC(n4c(=O)[nH]c5ccccc54)CC3)c(CCN3C(=O)c4ccccc4C3=O)c2c1. The number of para-hydroxylation sites is 2. The lowest BCUT2D eigenvalue weighted by molar-refractivity contribution is 0.0656. The highest BCUT2D eigenvalue weighted by Gasteiger charge is 2.35. The molecule has 0 unspecified atom stereocenters. The number of hydrogen-bond donors (Lipinski definition) is 2. The maximum absolute atomic E-state index is 14.0. The van der Waals surface area contributed by atoms with Crippen LogP contribution in [0.3, 0.4) is 0 Å². The largest absolute Gasteiger partial charge is 0.350 e. The number of imide groups is 1. The Balaban J connectivity index is 1.15. The van der Waals surface area contributed by atoms with Gasteiger partial charge in [0.15, 0.2) is 0 Å². The van der Waals surface area contributed by atoms with Gasteiger partial charge in [0.25, 0.3) is 17.7 Å². The lowest BCUT2D eigenvalue weighted by atomic mass is 10.0. The number of amides is 3. The molecule has 2 aromatic heterocycles. The average molecular weight is 562 g/mol.